The lowest BCUT2D eigenvalue weighted by Crippen LogP contribution is -2.04. The van der Waals surface area contributed by atoms with Gasteiger partial charge < -0.3 is 14.6 Å². The second-order valence-corrected chi connectivity index (χ2v) is 5.58. The zero-order chi connectivity index (χ0) is 15.5. The molecule has 0 saturated heterocycles. The van der Waals surface area contributed by atoms with E-state index < -0.39 is 5.63 Å². The van der Waals surface area contributed by atoms with Gasteiger partial charge in [0.1, 0.15) is 16.5 Å². The van der Waals surface area contributed by atoms with Crippen LogP contribution in [0.15, 0.2) is 21.3 Å². The van der Waals surface area contributed by atoms with Gasteiger partial charge in [-0.2, -0.15) is 0 Å². The van der Waals surface area contributed by atoms with Crippen molar-refractivity contribution in [3.05, 3.63) is 43.7 Å². The standard InChI is InChI=1S/C15H10Cl2O4/c1-5-9-7-3-4-8(18)12(17)14(7)21-15(20)10(9)6(2)13(19)11(5)16/h3-4,18-19H,1-2H3. The van der Waals surface area contributed by atoms with Gasteiger partial charge in [0.25, 0.3) is 0 Å². The van der Waals surface area contributed by atoms with E-state index in [0.29, 0.717) is 21.9 Å². The predicted octanol–water partition coefficient (Wildman–Crippen LogP) is 4.28. The third-order valence-electron chi connectivity index (χ3n) is 3.64. The number of hydrogen-bond donors (Lipinski definition) is 2. The molecule has 2 aromatic carbocycles. The van der Waals surface area contributed by atoms with Crippen LogP contribution in [0.5, 0.6) is 11.5 Å². The summed E-state index contributed by atoms with van der Waals surface area (Å²) in [7, 11) is 0. The molecular weight excluding hydrogens is 315 g/mol. The van der Waals surface area contributed by atoms with E-state index in [2.05, 4.69) is 0 Å². The molecule has 3 rings (SSSR count). The molecule has 0 aliphatic carbocycles. The maximum Gasteiger partial charge on any atom is 0.344 e. The first-order valence-corrected chi connectivity index (χ1v) is 6.85. The fraction of sp³-hybridized carbons (Fsp3) is 0.133. The normalized spacial score (nSPS) is 11.4. The van der Waals surface area contributed by atoms with Gasteiger partial charge in [0, 0.05) is 16.3 Å². The third-order valence-corrected chi connectivity index (χ3v) is 4.47. The highest BCUT2D eigenvalue weighted by Gasteiger charge is 2.20. The van der Waals surface area contributed by atoms with Crippen molar-refractivity contribution in [3.63, 3.8) is 0 Å². The zero-order valence-corrected chi connectivity index (χ0v) is 12.6. The number of halogens is 2. The van der Waals surface area contributed by atoms with Gasteiger partial charge in [-0.3, -0.25) is 0 Å². The summed E-state index contributed by atoms with van der Waals surface area (Å²) in [5, 5.41) is 21.2. The van der Waals surface area contributed by atoms with E-state index in [-0.39, 0.29) is 32.5 Å². The van der Waals surface area contributed by atoms with Crippen LogP contribution < -0.4 is 5.63 Å². The van der Waals surface area contributed by atoms with Crippen molar-refractivity contribution in [1.29, 1.82) is 0 Å². The van der Waals surface area contributed by atoms with E-state index in [0.717, 1.165) is 0 Å². The fourth-order valence-corrected chi connectivity index (χ4v) is 2.96. The first kappa shape index (κ1) is 14.0. The summed E-state index contributed by atoms with van der Waals surface area (Å²) in [6, 6.07) is 3.02. The van der Waals surface area contributed by atoms with E-state index in [1.54, 1.807) is 19.9 Å². The number of aromatic hydroxyl groups is 2. The summed E-state index contributed by atoms with van der Waals surface area (Å²) >= 11 is 12.1. The van der Waals surface area contributed by atoms with Crippen molar-refractivity contribution in [2.45, 2.75) is 13.8 Å². The summed E-state index contributed by atoms with van der Waals surface area (Å²) in [6.45, 7) is 3.29. The fourth-order valence-electron chi connectivity index (χ4n) is 2.52. The number of aryl methyl sites for hydroxylation is 2. The monoisotopic (exact) mass is 324 g/mol. The molecule has 0 amide bonds. The molecule has 3 aromatic rings. The largest absolute Gasteiger partial charge is 0.506 e. The van der Waals surface area contributed by atoms with Crippen LogP contribution >= 0.6 is 23.2 Å². The van der Waals surface area contributed by atoms with Crippen molar-refractivity contribution in [3.8, 4) is 11.5 Å². The van der Waals surface area contributed by atoms with E-state index >= 15 is 0 Å². The topological polar surface area (TPSA) is 70.7 Å². The van der Waals surface area contributed by atoms with Crippen molar-refractivity contribution in [2.75, 3.05) is 0 Å². The molecule has 2 N–H and O–H groups in total. The average molecular weight is 325 g/mol. The summed E-state index contributed by atoms with van der Waals surface area (Å²) in [4.78, 5) is 12.2. The molecule has 6 heteroatoms. The van der Waals surface area contributed by atoms with Gasteiger partial charge in [-0.1, -0.05) is 23.2 Å². The molecular formula is C15H10Cl2O4. The van der Waals surface area contributed by atoms with Crippen LogP contribution in [0.1, 0.15) is 11.1 Å². The quantitative estimate of drug-likeness (QED) is 0.478. The molecule has 0 fully saturated rings. The zero-order valence-electron chi connectivity index (χ0n) is 11.1. The molecule has 0 atom stereocenters. The average Bonchev–Trinajstić information content (AvgIpc) is 2.46. The van der Waals surface area contributed by atoms with Crippen LogP contribution in [-0.4, -0.2) is 10.2 Å². The maximum atomic E-state index is 12.2. The first-order chi connectivity index (χ1) is 9.84. The van der Waals surface area contributed by atoms with Crippen LogP contribution in [0.4, 0.5) is 0 Å². The number of phenols is 2. The van der Waals surface area contributed by atoms with Crippen molar-refractivity contribution >= 4 is 44.9 Å². The van der Waals surface area contributed by atoms with Crippen LogP contribution in [0.3, 0.4) is 0 Å². The van der Waals surface area contributed by atoms with Gasteiger partial charge in [-0.25, -0.2) is 4.79 Å². The minimum absolute atomic E-state index is 0.0345. The second-order valence-electron chi connectivity index (χ2n) is 4.83. The maximum absolute atomic E-state index is 12.2. The Balaban J connectivity index is 2.75. The lowest BCUT2D eigenvalue weighted by Gasteiger charge is -2.12. The van der Waals surface area contributed by atoms with Gasteiger partial charge in [-0.15, -0.1) is 0 Å². The Labute approximate surface area is 129 Å². The lowest BCUT2D eigenvalue weighted by atomic mass is 9.98. The summed E-state index contributed by atoms with van der Waals surface area (Å²) in [5.41, 5.74) is 0.353. The van der Waals surface area contributed by atoms with Crippen LogP contribution in [-0.2, 0) is 0 Å². The molecule has 0 spiro atoms. The molecule has 0 saturated carbocycles. The molecule has 21 heavy (non-hydrogen) atoms. The Hall–Kier alpha value is -1.91. The van der Waals surface area contributed by atoms with Gasteiger partial charge in [0.2, 0.25) is 0 Å². The smallest absolute Gasteiger partial charge is 0.344 e. The summed E-state index contributed by atoms with van der Waals surface area (Å²) in [5.74, 6) is -0.316. The minimum atomic E-state index is -0.641. The van der Waals surface area contributed by atoms with E-state index in [1.807, 2.05) is 0 Å². The van der Waals surface area contributed by atoms with Crippen molar-refractivity contribution < 1.29 is 14.6 Å². The van der Waals surface area contributed by atoms with E-state index in [1.165, 1.54) is 6.07 Å². The first-order valence-electron chi connectivity index (χ1n) is 6.10. The van der Waals surface area contributed by atoms with E-state index in [9.17, 15) is 15.0 Å². The molecule has 1 aromatic heterocycles. The van der Waals surface area contributed by atoms with Gasteiger partial charge >= 0.3 is 5.63 Å². The summed E-state index contributed by atoms with van der Waals surface area (Å²) in [6.07, 6.45) is 0. The Morgan fingerprint density at radius 3 is 2.33 bits per heavy atom. The van der Waals surface area contributed by atoms with E-state index in [4.69, 9.17) is 27.6 Å². The number of rotatable bonds is 0. The lowest BCUT2D eigenvalue weighted by molar-refractivity contribution is 0.470. The highest BCUT2D eigenvalue weighted by atomic mass is 35.5. The van der Waals surface area contributed by atoms with Crippen LogP contribution in [0.25, 0.3) is 21.7 Å². The molecule has 4 nitrogen and oxygen atoms in total. The van der Waals surface area contributed by atoms with Crippen molar-refractivity contribution in [2.24, 2.45) is 0 Å². The molecule has 1 heterocycles. The third kappa shape index (κ3) is 1.79. The van der Waals surface area contributed by atoms with Gasteiger partial charge in [0.15, 0.2) is 5.58 Å². The van der Waals surface area contributed by atoms with Crippen molar-refractivity contribution in [1.82, 2.24) is 0 Å². The Morgan fingerprint density at radius 1 is 1.00 bits per heavy atom. The Bertz CT molecular complexity index is 973. The Morgan fingerprint density at radius 2 is 1.67 bits per heavy atom. The molecule has 108 valence electrons. The van der Waals surface area contributed by atoms with Gasteiger partial charge in [0.05, 0.1) is 10.4 Å². The highest BCUT2D eigenvalue weighted by Crippen LogP contribution is 2.41. The molecule has 0 aliphatic heterocycles. The van der Waals surface area contributed by atoms with Crippen LogP contribution in [0, 0.1) is 13.8 Å². The number of phenolic OH excluding ortho intramolecular Hbond substituents is 2. The predicted molar refractivity (Wildman–Crippen MR) is 82.8 cm³/mol. The SMILES string of the molecule is Cc1c(O)c(Cl)c(C)c2c1c(=O)oc1c(Cl)c(O)ccc12. The Kier molecular flexibility index (Phi) is 3.04. The molecule has 0 radical (unpaired) electrons. The highest BCUT2D eigenvalue weighted by molar-refractivity contribution is 6.38. The molecule has 0 unspecified atom stereocenters. The molecule has 0 bridgehead atoms. The second kappa shape index (κ2) is 4.55. The number of hydrogen-bond acceptors (Lipinski definition) is 4. The number of benzene rings is 2. The van der Waals surface area contributed by atoms with Crippen LogP contribution in [0.2, 0.25) is 10.0 Å². The number of fused-ring (bicyclic) bond motifs is 3. The minimum Gasteiger partial charge on any atom is -0.506 e. The molecule has 0 aliphatic rings. The van der Waals surface area contributed by atoms with Gasteiger partial charge in [-0.05, 0) is 31.5 Å². The summed E-state index contributed by atoms with van der Waals surface area (Å²) < 4.78 is 5.22.